The first-order valence-electron chi connectivity index (χ1n) is 7.81. The molecule has 0 aliphatic heterocycles. The highest BCUT2D eigenvalue weighted by atomic mass is 35.5. The van der Waals surface area contributed by atoms with Gasteiger partial charge < -0.3 is 5.32 Å². The zero-order valence-electron chi connectivity index (χ0n) is 12.7. The van der Waals surface area contributed by atoms with Crippen molar-refractivity contribution in [1.82, 2.24) is 5.32 Å². The zero-order valence-corrected chi connectivity index (χ0v) is 14.2. The van der Waals surface area contributed by atoms with Crippen molar-refractivity contribution < 1.29 is 0 Å². The monoisotopic (exact) mass is 315 g/mol. The third-order valence-electron chi connectivity index (χ3n) is 3.78. The average Bonchev–Trinajstić information content (AvgIpc) is 2.45. The zero-order chi connectivity index (χ0) is 14.8. The van der Waals surface area contributed by atoms with Gasteiger partial charge in [0.1, 0.15) is 0 Å². The summed E-state index contributed by atoms with van der Waals surface area (Å²) in [6.07, 6.45) is 10.4. The fourth-order valence-electron chi connectivity index (χ4n) is 2.54. The van der Waals surface area contributed by atoms with E-state index in [-0.39, 0.29) is 0 Å². The van der Waals surface area contributed by atoms with Crippen molar-refractivity contribution >= 4 is 23.2 Å². The van der Waals surface area contributed by atoms with Gasteiger partial charge in [0.25, 0.3) is 0 Å². The summed E-state index contributed by atoms with van der Waals surface area (Å²) in [4.78, 5) is 0. The van der Waals surface area contributed by atoms with Crippen LogP contribution < -0.4 is 5.32 Å². The molecule has 1 atom stereocenters. The van der Waals surface area contributed by atoms with Gasteiger partial charge >= 0.3 is 0 Å². The van der Waals surface area contributed by atoms with Gasteiger partial charge in [-0.25, -0.2) is 0 Å². The number of rotatable bonds is 10. The van der Waals surface area contributed by atoms with Crippen molar-refractivity contribution in [1.29, 1.82) is 0 Å². The number of benzene rings is 1. The molecular weight excluding hydrogens is 289 g/mol. The molecule has 1 N–H and O–H groups in total. The van der Waals surface area contributed by atoms with Crippen LogP contribution in [0.25, 0.3) is 0 Å². The predicted octanol–water partition coefficient (Wildman–Crippen LogP) is 6.39. The topological polar surface area (TPSA) is 12.0 Å². The molecular formula is C17H27Cl2N. The van der Waals surface area contributed by atoms with Crippen LogP contribution in [0.4, 0.5) is 0 Å². The summed E-state index contributed by atoms with van der Waals surface area (Å²) in [5, 5.41) is 4.91. The minimum absolute atomic E-state index is 0.303. The number of hydrogen-bond acceptors (Lipinski definition) is 1. The van der Waals surface area contributed by atoms with Gasteiger partial charge in [0.05, 0.1) is 0 Å². The molecule has 20 heavy (non-hydrogen) atoms. The summed E-state index contributed by atoms with van der Waals surface area (Å²) in [5.41, 5.74) is 1.12. The van der Waals surface area contributed by atoms with Crippen molar-refractivity contribution in [2.24, 2.45) is 0 Å². The van der Waals surface area contributed by atoms with E-state index in [1.807, 2.05) is 25.2 Å². The third-order valence-corrected chi connectivity index (χ3v) is 4.36. The molecule has 0 spiro atoms. The molecule has 114 valence electrons. The summed E-state index contributed by atoms with van der Waals surface area (Å²) in [5.74, 6) is 0. The van der Waals surface area contributed by atoms with Gasteiger partial charge in [-0.05, 0) is 37.2 Å². The average molecular weight is 316 g/mol. The second-order valence-corrected chi connectivity index (χ2v) is 6.26. The van der Waals surface area contributed by atoms with Crippen LogP contribution in [-0.2, 0) is 0 Å². The fourth-order valence-corrected chi connectivity index (χ4v) is 2.97. The van der Waals surface area contributed by atoms with Crippen molar-refractivity contribution in [3.63, 3.8) is 0 Å². The largest absolute Gasteiger partial charge is 0.313 e. The van der Waals surface area contributed by atoms with E-state index >= 15 is 0 Å². The van der Waals surface area contributed by atoms with Crippen LogP contribution in [0, 0.1) is 0 Å². The van der Waals surface area contributed by atoms with Crippen molar-refractivity contribution in [3.05, 3.63) is 33.8 Å². The van der Waals surface area contributed by atoms with Gasteiger partial charge in [0, 0.05) is 16.1 Å². The molecule has 1 aromatic rings. The molecule has 1 nitrogen and oxygen atoms in total. The Balaban J connectivity index is 2.34. The fraction of sp³-hybridized carbons (Fsp3) is 0.647. The molecule has 0 aromatic heterocycles. The molecule has 0 aliphatic rings. The van der Waals surface area contributed by atoms with E-state index in [4.69, 9.17) is 23.2 Å². The number of halogens is 2. The summed E-state index contributed by atoms with van der Waals surface area (Å²) >= 11 is 12.3. The molecule has 1 unspecified atom stereocenters. The quantitative estimate of drug-likeness (QED) is 0.493. The molecule has 0 heterocycles. The Labute approximate surface area is 134 Å². The smallest absolute Gasteiger partial charge is 0.0454 e. The van der Waals surface area contributed by atoms with Gasteiger partial charge in [-0.2, -0.15) is 0 Å². The van der Waals surface area contributed by atoms with E-state index in [0.717, 1.165) is 22.0 Å². The van der Waals surface area contributed by atoms with Gasteiger partial charge in [0.15, 0.2) is 0 Å². The minimum atomic E-state index is 0.303. The van der Waals surface area contributed by atoms with Gasteiger partial charge in [-0.3, -0.25) is 0 Å². The SMILES string of the molecule is CCCCCCCCCC(NC)c1cc(Cl)ccc1Cl. The standard InChI is InChI=1S/C17H27Cl2N/c1-3-4-5-6-7-8-9-10-17(20-2)15-13-14(18)11-12-16(15)19/h11-13,17,20H,3-10H2,1-2H3. The van der Waals surface area contributed by atoms with E-state index in [0.29, 0.717) is 6.04 Å². The lowest BCUT2D eigenvalue weighted by molar-refractivity contribution is 0.496. The Kier molecular flexibility index (Phi) is 9.33. The molecule has 0 amide bonds. The lowest BCUT2D eigenvalue weighted by Gasteiger charge is -2.18. The number of unbranched alkanes of at least 4 members (excludes halogenated alkanes) is 6. The van der Waals surface area contributed by atoms with E-state index in [1.54, 1.807) is 0 Å². The van der Waals surface area contributed by atoms with Crippen molar-refractivity contribution in [3.8, 4) is 0 Å². The molecule has 1 rings (SSSR count). The van der Waals surface area contributed by atoms with E-state index in [1.165, 1.54) is 44.9 Å². The molecule has 0 saturated carbocycles. The Morgan fingerprint density at radius 1 is 1.00 bits per heavy atom. The first kappa shape index (κ1) is 17.8. The first-order valence-corrected chi connectivity index (χ1v) is 8.56. The maximum absolute atomic E-state index is 6.27. The predicted molar refractivity (Wildman–Crippen MR) is 90.9 cm³/mol. The molecule has 0 saturated heterocycles. The van der Waals surface area contributed by atoms with Crippen LogP contribution in [0.1, 0.15) is 69.9 Å². The second kappa shape index (κ2) is 10.5. The number of nitrogens with one attached hydrogen (secondary N) is 1. The normalized spacial score (nSPS) is 12.6. The first-order chi connectivity index (χ1) is 9.69. The van der Waals surface area contributed by atoms with Crippen LogP contribution in [0.2, 0.25) is 10.0 Å². The van der Waals surface area contributed by atoms with Gasteiger partial charge in [-0.1, -0.05) is 75.1 Å². The summed E-state index contributed by atoms with van der Waals surface area (Å²) in [7, 11) is 1.99. The summed E-state index contributed by atoms with van der Waals surface area (Å²) < 4.78 is 0. The minimum Gasteiger partial charge on any atom is -0.313 e. The Morgan fingerprint density at radius 2 is 1.65 bits per heavy atom. The Morgan fingerprint density at radius 3 is 2.30 bits per heavy atom. The highest BCUT2D eigenvalue weighted by molar-refractivity contribution is 6.33. The third kappa shape index (κ3) is 6.47. The molecule has 3 heteroatoms. The van der Waals surface area contributed by atoms with E-state index in [2.05, 4.69) is 12.2 Å². The maximum atomic E-state index is 6.27. The Hall–Kier alpha value is -0.240. The Bertz CT molecular complexity index is 379. The highest BCUT2D eigenvalue weighted by Crippen LogP contribution is 2.29. The van der Waals surface area contributed by atoms with Crippen LogP contribution >= 0.6 is 23.2 Å². The molecule has 0 fully saturated rings. The second-order valence-electron chi connectivity index (χ2n) is 5.42. The number of hydrogen-bond donors (Lipinski definition) is 1. The molecule has 1 aromatic carbocycles. The van der Waals surface area contributed by atoms with Crippen LogP contribution in [0.5, 0.6) is 0 Å². The lowest BCUT2D eigenvalue weighted by atomic mass is 9.99. The lowest BCUT2D eigenvalue weighted by Crippen LogP contribution is -2.16. The summed E-state index contributed by atoms with van der Waals surface area (Å²) in [6, 6.07) is 6.01. The van der Waals surface area contributed by atoms with Crippen molar-refractivity contribution in [2.75, 3.05) is 7.05 Å². The van der Waals surface area contributed by atoms with Crippen molar-refractivity contribution in [2.45, 2.75) is 64.3 Å². The van der Waals surface area contributed by atoms with E-state index in [9.17, 15) is 0 Å². The molecule has 0 radical (unpaired) electrons. The molecule has 0 bridgehead atoms. The highest BCUT2D eigenvalue weighted by Gasteiger charge is 2.12. The van der Waals surface area contributed by atoms with Crippen LogP contribution in [0.15, 0.2) is 18.2 Å². The summed E-state index contributed by atoms with van der Waals surface area (Å²) in [6.45, 7) is 2.26. The van der Waals surface area contributed by atoms with Gasteiger partial charge in [0.2, 0.25) is 0 Å². The van der Waals surface area contributed by atoms with Gasteiger partial charge in [-0.15, -0.1) is 0 Å². The van der Waals surface area contributed by atoms with Crippen LogP contribution in [0.3, 0.4) is 0 Å². The van der Waals surface area contributed by atoms with E-state index < -0.39 is 0 Å². The maximum Gasteiger partial charge on any atom is 0.0454 e. The molecule has 0 aliphatic carbocycles. The van der Waals surface area contributed by atoms with Crippen LogP contribution in [-0.4, -0.2) is 7.05 Å².